The maximum Gasteiger partial charge on any atom is 0.238 e. The topological polar surface area (TPSA) is 87.6 Å². The van der Waals surface area contributed by atoms with Crippen molar-refractivity contribution < 1.29 is 8.42 Å². The highest BCUT2D eigenvalue weighted by atomic mass is 32.2. The van der Waals surface area contributed by atoms with Gasteiger partial charge < -0.3 is 9.13 Å². The number of fused-ring (bicyclic) bond motifs is 9. The molecule has 0 fully saturated rings. The van der Waals surface area contributed by atoms with E-state index in [2.05, 4.69) is 129 Å². The second-order valence-electron chi connectivity index (χ2n) is 18.0. The Morgan fingerprint density at radius 3 is 1.18 bits per heavy atom. The summed E-state index contributed by atoms with van der Waals surface area (Å²) in [5, 5.41) is 6.63. The second-order valence-corrected chi connectivity index (χ2v) is 20.0. The second kappa shape index (κ2) is 16.3. The first-order valence-corrected chi connectivity index (χ1v) is 25.3. The van der Waals surface area contributed by atoms with E-state index in [1.165, 1.54) is 5.39 Å². The molecular formula is C63H40N6O2S. The minimum atomic E-state index is -3.86. The van der Waals surface area contributed by atoms with Crippen LogP contribution < -0.4 is 0 Å². The number of aromatic nitrogens is 6. The average Bonchev–Trinajstić information content (AvgIpc) is 4.08. The van der Waals surface area contributed by atoms with E-state index in [0.717, 1.165) is 93.7 Å². The molecule has 0 amide bonds. The Balaban J connectivity index is 0.812. The van der Waals surface area contributed by atoms with Crippen LogP contribution >= 0.6 is 0 Å². The summed E-state index contributed by atoms with van der Waals surface area (Å²) in [4.78, 5) is 15.5. The average molecular weight is 945 g/mol. The Bertz CT molecular complexity index is 4490. The monoisotopic (exact) mass is 944 g/mol. The molecule has 0 aliphatic heterocycles. The molecule has 4 aromatic heterocycles. The predicted octanol–water partition coefficient (Wildman–Crippen LogP) is 15.0. The zero-order valence-electron chi connectivity index (χ0n) is 38.5. The number of rotatable bonds is 8. The maximum absolute atomic E-state index is 14.4. The van der Waals surface area contributed by atoms with E-state index in [-0.39, 0.29) is 9.79 Å². The zero-order chi connectivity index (χ0) is 47.9. The Kier molecular flexibility index (Phi) is 9.42. The SMILES string of the molecule is O=S(=O)(c1ccc(-c2ccc3c(c2)c2ccccc2n3-c2nc(-c3ccccc3)nc(-c3ccccc3)n2)cc1)c1ccc(-n2c3ccccc3c3cc4c(cc32)c2ccccc2n4-c2ccccc2)cc1. The zero-order valence-corrected chi connectivity index (χ0v) is 39.3. The van der Waals surface area contributed by atoms with Gasteiger partial charge in [0.1, 0.15) is 0 Å². The van der Waals surface area contributed by atoms with Crippen molar-refractivity contribution in [1.29, 1.82) is 0 Å². The third-order valence-corrected chi connectivity index (χ3v) is 15.7. The Morgan fingerprint density at radius 1 is 0.278 bits per heavy atom. The molecule has 340 valence electrons. The van der Waals surface area contributed by atoms with Gasteiger partial charge in [-0.2, -0.15) is 9.97 Å². The maximum atomic E-state index is 14.4. The molecule has 0 spiro atoms. The largest absolute Gasteiger partial charge is 0.309 e. The van der Waals surface area contributed by atoms with Crippen molar-refractivity contribution in [3.63, 3.8) is 0 Å². The molecule has 14 aromatic rings. The van der Waals surface area contributed by atoms with Crippen LogP contribution in [0.25, 0.3) is 117 Å². The molecule has 4 heterocycles. The number of sulfone groups is 1. The normalized spacial score (nSPS) is 12.0. The number of hydrogen-bond donors (Lipinski definition) is 0. The molecule has 72 heavy (non-hydrogen) atoms. The lowest BCUT2D eigenvalue weighted by atomic mass is 10.0. The number of para-hydroxylation sites is 4. The smallest absolute Gasteiger partial charge is 0.238 e. The van der Waals surface area contributed by atoms with Crippen LogP contribution in [0.4, 0.5) is 0 Å². The third kappa shape index (κ3) is 6.59. The van der Waals surface area contributed by atoms with Gasteiger partial charge in [0.15, 0.2) is 11.6 Å². The van der Waals surface area contributed by atoms with Gasteiger partial charge in [-0.25, -0.2) is 13.4 Å². The van der Waals surface area contributed by atoms with Crippen molar-refractivity contribution in [3.05, 3.63) is 243 Å². The molecule has 9 heteroatoms. The lowest BCUT2D eigenvalue weighted by Gasteiger charge is -2.11. The fourth-order valence-electron chi connectivity index (χ4n) is 10.6. The van der Waals surface area contributed by atoms with E-state index in [1.807, 2.05) is 103 Å². The first kappa shape index (κ1) is 41.5. The lowest BCUT2D eigenvalue weighted by Crippen LogP contribution is -2.06. The van der Waals surface area contributed by atoms with Gasteiger partial charge in [-0.1, -0.05) is 152 Å². The van der Waals surface area contributed by atoms with Gasteiger partial charge in [-0.15, -0.1) is 0 Å². The molecule has 0 saturated heterocycles. The number of benzene rings is 10. The number of hydrogen-bond acceptors (Lipinski definition) is 5. The molecular weight excluding hydrogens is 905 g/mol. The fraction of sp³-hybridized carbons (Fsp3) is 0. The van der Waals surface area contributed by atoms with Gasteiger partial charge in [-0.3, -0.25) is 4.57 Å². The summed E-state index contributed by atoms with van der Waals surface area (Å²) < 4.78 is 35.4. The molecule has 0 aliphatic rings. The van der Waals surface area contributed by atoms with E-state index >= 15 is 0 Å². The van der Waals surface area contributed by atoms with Gasteiger partial charge in [0.2, 0.25) is 15.8 Å². The quantitative estimate of drug-likeness (QED) is 0.151. The van der Waals surface area contributed by atoms with Crippen LogP contribution in [-0.2, 0) is 9.84 Å². The van der Waals surface area contributed by atoms with E-state index in [0.29, 0.717) is 17.6 Å². The van der Waals surface area contributed by atoms with Crippen LogP contribution in [0.5, 0.6) is 0 Å². The summed E-state index contributed by atoms with van der Waals surface area (Å²) in [6.07, 6.45) is 0. The van der Waals surface area contributed by atoms with Gasteiger partial charge >= 0.3 is 0 Å². The van der Waals surface area contributed by atoms with Crippen LogP contribution in [0.2, 0.25) is 0 Å². The summed E-state index contributed by atoms with van der Waals surface area (Å²) in [5.41, 5.74) is 11.9. The van der Waals surface area contributed by atoms with Crippen LogP contribution in [0.3, 0.4) is 0 Å². The highest BCUT2D eigenvalue weighted by Crippen LogP contribution is 2.41. The molecule has 0 unspecified atom stereocenters. The van der Waals surface area contributed by atoms with Crippen LogP contribution in [0, 0.1) is 0 Å². The first-order chi connectivity index (χ1) is 35.5. The van der Waals surface area contributed by atoms with Gasteiger partial charge in [0, 0.05) is 54.8 Å². The van der Waals surface area contributed by atoms with E-state index in [1.54, 1.807) is 24.3 Å². The Morgan fingerprint density at radius 2 is 0.667 bits per heavy atom. The van der Waals surface area contributed by atoms with Crippen molar-refractivity contribution in [2.75, 3.05) is 0 Å². The van der Waals surface area contributed by atoms with Crippen LogP contribution in [-0.4, -0.2) is 37.1 Å². The molecule has 14 rings (SSSR count). The minimum Gasteiger partial charge on any atom is -0.309 e. The predicted molar refractivity (Wildman–Crippen MR) is 291 cm³/mol. The first-order valence-electron chi connectivity index (χ1n) is 23.8. The molecule has 10 aromatic carbocycles. The fourth-order valence-corrected chi connectivity index (χ4v) is 11.8. The van der Waals surface area contributed by atoms with Gasteiger partial charge in [0.25, 0.3) is 0 Å². The molecule has 0 saturated carbocycles. The standard InChI is InChI=1S/C63H40N6O2S/c70-72(71,48-35-31-46(32-36-48)68-56-26-14-11-24-51(56)54-39-59-53(40-60(54)68)50-23-10-13-25-55(50)67(59)45-20-8-3-9-21-45)47-33-28-41(29-34-47)44-30-37-58-52(38-44)49-22-12-15-27-57(49)69(58)63-65-61(42-16-4-1-5-17-42)64-62(66-63)43-18-6-2-7-19-43/h1-40H. The number of nitrogens with zero attached hydrogens (tertiary/aromatic N) is 6. The van der Waals surface area contributed by atoms with E-state index < -0.39 is 9.84 Å². The minimum absolute atomic E-state index is 0.226. The third-order valence-electron chi connectivity index (χ3n) is 13.9. The summed E-state index contributed by atoms with van der Waals surface area (Å²) in [7, 11) is -3.86. The van der Waals surface area contributed by atoms with Gasteiger partial charge in [-0.05, 0) is 102 Å². The Hall–Kier alpha value is -9.44. The molecule has 0 radical (unpaired) electrons. The van der Waals surface area contributed by atoms with Crippen molar-refractivity contribution >= 4 is 75.3 Å². The molecule has 0 N–H and O–H groups in total. The van der Waals surface area contributed by atoms with Crippen molar-refractivity contribution in [3.8, 4) is 51.2 Å². The summed E-state index contributed by atoms with van der Waals surface area (Å²) in [6.45, 7) is 0. The van der Waals surface area contributed by atoms with Gasteiger partial charge in [0.05, 0.1) is 42.9 Å². The molecule has 0 aliphatic carbocycles. The van der Waals surface area contributed by atoms with Crippen LogP contribution in [0.1, 0.15) is 0 Å². The van der Waals surface area contributed by atoms with E-state index in [4.69, 9.17) is 15.0 Å². The van der Waals surface area contributed by atoms with Crippen molar-refractivity contribution in [2.45, 2.75) is 9.79 Å². The molecule has 0 bridgehead atoms. The summed E-state index contributed by atoms with van der Waals surface area (Å²) in [6, 6.07) is 81.0. The van der Waals surface area contributed by atoms with Crippen molar-refractivity contribution in [2.24, 2.45) is 0 Å². The van der Waals surface area contributed by atoms with E-state index in [9.17, 15) is 8.42 Å². The summed E-state index contributed by atoms with van der Waals surface area (Å²) >= 11 is 0. The molecule has 0 atom stereocenters. The highest BCUT2D eigenvalue weighted by molar-refractivity contribution is 7.91. The molecule has 8 nitrogen and oxygen atoms in total. The lowest BCUT2D eigenvalue weighted by molar-refractivity contribution is 0.596. The van der Waals surface area contributed by atoms with Crippen molar-refractivity contribution in [1.82, 2.24) is 28.7 Å². The highest BCUT2D eigenvalue weighted by Gasteiger charge is 2.23. The Labute approximate surface area is 413 Å². The van der Waals surface area contributed by atoms with Crippen LogP contribution in [0.15, 0.2) is 252 Å². The summed E-state index contributed by atoms with van der Waals surface area (Å²) in [5.74, 6) is 1.69.